The monoisotopic (exact) mass is 373 g/mol. The summed E-state index contributed by atoms with van der Waals surface area (Å²) in [6.07, 6.45) is 1.45. The summed E-state index contributed by atoms with van der Waals surface area (Å²) < 4.78 is 49.2. The number of nitrogens with one attached hydrogen (secondary N) is 1. The summed E-state index contributed by atoms with van der Waals surface area (Å²) in [6.45, 7) is 0. The molecule has 1 amide bonds. The van der Waals surface area contributed by atoms with E-state index in [1.165, 1.54) is 29.5 Å². The van der Waals surface area contributed by atoms with E-state index in [1.807, 2.05) is 21.5 Å². The third-order valence-corrected chi connectivity index (χ3v) is 6.23. The summed E-state index contributed by atoms with van der Waals surface area (Å²) in [5, 5.41) is 3.76. The van der Waals surface area contributed by atoms with E-state index in [0.29, 0.717) is 6.42 Å². The minimum absolute atomic E-state index is 0.0295. The molecule has 1 heterocycles. The lowest BCUT2D eigenvalue weighted by molar-refractivity contribution is -0.119. The first-order chi connectivity index (χ1) is 10.7. The van der Waals surface area contributed by atoms with Gasteiger partial charge < -0.3 is 0 Å². The first-order valence-corrected chi connectivity index (χ1v) is 10.9. The van der Waals surface area contributed by atoms with Gasteiger partial charge in [0.25, 0.3) is 10.0 Å². The fraction of sp³-hybridized carbons (Fsp3) is 0.214. The van der Waals surface area contributed by atoms with Gasteiger partial charge in [-0.15, -0.1) is 0 Å². The molecule has 2 rings (SSSR count). The van der Waals surface area contributed by atoms with Gasteiger partial charge in [0.15, 0.2) is 9.84 Å². The van der Waals surface area contributed by atoms with Crippen LogP contribution in [0.1, 0.15) is 12.0 Å². The molecule has 0 aliphatic rings. The second-order valence-corrected chi connectivity index (χ2v) is 9.39. The number of hydrogen-bond donors (Lipinski definition) is 1. The zero-order valence-electron chi connectivity index (χ0n) is 12.2. The normalized spacial score (nSPS) is 12.0. The van der Waals surface area contributed by atoms with Gasteiger partial charge in [0.05, 0.1) is 9.79 Å². The van der Waals surface area contributed by atoms with Gasteiger partial charge in [-0.3, -0.25) is 4.79 Å². The van der Waals surface area contributed by atoms with E-state index in [0.717, 1.165) is 17.9 Å². The number of sulfone groups is 1. The van der Waals surface area contributed by atoms with Crippen molar-refractivity contribution in [2.75, 3.05) is 6.26 Å². The predicted molar refractivity (Wildman–Crippen MR) is 87.5 cm³/mol. The average molecular weight is 373 g/mol. The Morgan fingerprint density at radius 2 is 1.83 bits per heavy atom. The van der Waals surface area contributed by atoms with Crippen LogP contribution in [0.4, 0.5) is 0 Å². The first-order valence-electron chi connectivity index (χ1n) is 6.55. The molecule has 0 fully saturated rings. The van der Waals surface area contributed by atoms with Crippen molar-refractivity contribution in [3.63, 3.8) is 0 Å². The van der Waals surface area contributed by atoms with Crippen molar-refractivity contribution >= 4 is 37.1 Å². The van der Waals surface area contributed by atoms with Gasteiger partial charge >= 0.3 is 0 Å². The molecule has 0 radical (unpaired) electrons. The number of sulfonamides is 1. The van der Waals surface area contributed by atoms with Crippen molar-refractivity contribution in [1.82, 2.24) is 4.72 Å². The third-order valence-electron chi connectivity index (χ3n) is 3.01. The molecular weight excluding hydrogens is 358 g/mol. The van der Waals surface area contributed by atoms with Gasteiger partial charge in [-0.05, 0) is 47.0 Å². The summed E-state index contributed by atoms with van der Waals surface area (Å²) in [5.41, 5.74) is 0.960. The molecule has 0 saturated carbocycles. The van der Waals surface area contributed by atoms with Crippen LogP contribution in [0.3, 0.4) is 0 Å². The summed E-state index contributed by atoms with van der Waals surface area (Å²) in [4.78, 5) is 11.4. The van der Waals surface area contributed by atoms with Gasteiger partial charge in [-0.1, -0.05) is 6.07 Å². The zero-order chi connectivity index (χ0) is 17.1. The van der Waals surface area contributed by atoms with Crippen LogP contribution in [0.15, 0.2) is 50.9 Å². The highest BCUT2D eigenvalue weighted by molar-refractivity contribution is 7.91. The van der Waals surface area contributed by atoms with Crippen LogP contribution in [-0.4, -0.2) is 29.0 Å². The Balaban J connectivity index is 2.11. The van der Waals surface area contributed by atoms with Crippen molar-refractivity contribution in [2.45, 2.75) is 22.6 Å². The molecule has 2 aromatic rings. The van der Waals surface area contributed by atoms with Gasteiger partial charge in [0.1, 0.15) is 0 Å². The lowest BCUT2D eigenvalue weighted by atomic mass is 10.2. The third kappa shape index (κ3) is 4.88. The van der Waals surface area contributed by atoms with Crippen LogP contribution in [0.5, 0.6) is 0 Å². The minimum atomic E-state index is -4.09. The second kappa shape index (κ2) is 6.81. The van der Waals surface area contributed by atoms with Gasteiger partial charge in [-0.25, -0.2) is 21.6 Å². The Morgan fingerprint density at radius 3 is 2.43 bits per heavy atom. The maximum atomic E-state index is 12.2. The molecule has 0 unspecified atom stereocenters. The molecular formula is C14H15NO5S3. The highest BCUT2D eigenvalue weighted by atomic mass is 32.2. The number of rotatable bonds is 6. The van der Waals surface area contributed by atoms with Crippen LogP contribution in [0, 0.1) is 0 Å². The summed E-state index contributed by atoms with van der Waals surface area (Å²) in [7, 11) is -7.62. The maximum absolute atomic E-state index is 12.2. The van der Waals surface area contributed by atoms with E-state index in [2.05, 4.69) is 0 Å². The largest absolute Gasteiger partial charge is 0.274 e. The van der Waals surface area contributed by atoms with Crippen molar-refractivity contribution in [2.24, 2.45) is 0 Å². The number of aryl methyl sites for hydroxylation is 1. The predicted octanol–water partition coefficient (Wildman–Crippen LogP) is 1.59. The summed E-state index contributed by atoms with van der Waals surface area (Å²) in [5.74, 6) is -0.638. The van der Waals surface area contributed by atoms with Crippen LogP contribution in [-0.2, 0) is 31.1 Å². The van der Waals surface area contributed by atoms with Gasteiger partial charge in [0, 0.05) is 12.7 Å². The van der Waals surface area contributed by atoms with E-state index in [1.54, 1.807) is 0 Å². The Morgan fingerprint density at radius 1 is 1.13 bits per heavy atom. The number of amides is 1. The fourth-order valence-electron chi connectivity index (χ4n) is 1.82. The molecule has 0 aliphatic carbocycles. The van der Waals surface area contributed by atoms with Gasteiger partial charge in [0.2, 0.25) is 5.91 Å². The van der Waals surface area contributed by atoms with E-state index in [-0.39, 0.29) is 16.2 Å². The smallest absolute Gasteiger partial charge is 0.264 e. The Kier molecular flexibility index (Phi) is 5.23. The van der Waals surface area contributed by atoms with E-state index < -0.39 is 25.8 Å². The number of benzene rings is 1. The topological polar surface area (TPSA) is 97.4 Å². The molecule has 9 heteroatoms. The number of carbonyl (C=O) groups is 1. The number of hydrogen-bond acceptors (Lipinski definition) is 6. The minimum Gasteiger partial charge on any atom is -0.274 e. The van der Waals surface area contributed by atoms with Crippen LogP contribution >= 0.6 is 11.3 Å². The van der Waals surface area contributed by atoms with Gasteiger partial charge in [-0.2, -0.15) is 11.3 Å². The van der Waals surface area contributed by atoms with Crippen molar-refractivity contribution in [3.8, 4) is 0 Å². The number of thiophene rings is 1. The van der Waals surface area contributed by atoms with Crippen molar-refractivity contribution < 1.29 is 21.6 Å². The molecule has 1 N–H and O–H groups in total. The molecule has 124 valence electrons. The highest BCUT2D eigenvalue weighted by Gasteiger charge is 2.19. The van der Waals surface area contributed by atoms with E-state index >= 15 is 0 Å². The first kappa shape index (κ1) is 17.6. The maximum Gasteiger partial charge on any atom is 0.264 e. The van der Waals surface area contributed by atoms with Crippen LogP contribution < -0.4 is 4.72 Å². The highest BCUT2D eigenvalue weighted by Crippen LogP contribution is 2.16. The zero-order valence-corrected chi connectivity index (χ0v) is 14.7. The van der Waals surface area contributed by atoms with Crippen LogP contribution in [0.25, 0.3) is 0 Å². The quantitative estimate of drug-likeness (QED) is 0.829. The molecule has 23 heavy (non-hydrogen) atoms. The molecule has 1 aromatic carbocycles. The molecule has 0 saturated heterocycles. The lowest BCUT2D eigenvalue weighted by Crippen LogP contribution is -2.30. The Labute approximate surface area is 139 Å². The lowest BCUT2D eigenvalue weighted by Gasteiger charge is -2.08. The van der Waals surface area contributed by atoms with E-state index in [9.17, 15) is 21.6 Å². The number of carbonyl (C=O) groups excluding carboxylic acids is 1. The molecule has 0 aliphatic heterocycles. The van der Waals surface area contributed by atoms with E-state index in [4.69, 9.17) is 0 Å². The SMILES string of the molecule is CS(=O)(=O)c1cccc(S(=O)(=O)NC(=O)CCc2ccsc2)c1. The molecule has 6 nitrogen and oxygen atoms in total. The Bertz CT molecular complexity index is 900. The van der Waals surface area contributed by atoms with Crippen molar-refractivity contribution in [1.29, 1.82) is 0 Å². The Hall–Kier alpha value is -1.71. The molecule has 0 atom stereocenters. The van der Waals surface area contributed by atoms with Crippen molar-refractivity contribution in [3.05, 3.63) is 46.7 Å². The standard InChI is InChI=1S/C14H15NO5S3/c1-22(17,18)12-3-2-4-13(9-12)23(19,20)15-14(16)6-5-11-7-8-21-10-11/h2-4,7-10H,5-6H2,1H3,(H,15,16). The molecule has 1 aromatic heterocycles. The summed E-state index contributed by atoms with van der Waals surface area (Å²) >= 11 is 1.50. The fourth-order valence-corrected chi connectivity index (χ4v) is 4.33. The second-order valence-electron chi connectivity index (χ2n) is 4.91. The summed E-state index contributed by atoms with van der Waals surface area (Å²) in [6, 6.07) is 6.75. The molecule has 0 bridgehead atoms. The van der Waals surface area contributed by atoms with Crippen LogP contribution in [0.2, 0.25) is 0 Å². The molecule has 0 spiro atoms. The average Bonchev–Trinajstić information content (AvgIpc) is 2.97.